The third-order valence-corrected chi connectivity index (χ3v) is 6.68. The standard InChI is InChI=1S/C23H29N3O5S/c1-3-31-20-12-10-19(11-13-20)26-32(29,30)21-14-8-17(9-15-21)23(28)24-16(2)22(27)25-18-6-4-5-7-18/h8-16,18,26H,3-7H2,1-2H3,(H,24,28)(H,25,27). The summed E-state index contributed by atoms with van der Waals surface area (Å²) < 4.78 is 33.1. The van der Waals surface area contributed by atoms with Gasteiger partial charge in [0.25, 0.3) is 15.9 Å². The zero-order valence-corrected chi connectivity index (χ0v) is 19.1. The van der Waals surface area contributed by atoms with E-state index in [4.69, 9.17) is 4.74 Å². The van der Waals surface area contributed by atoms with E-state index in [0.717, 1.165) is 25.7 Å². The molecule has 1 saturated carbocycles. The van der Waals surface area contributed by atoms with Gasteiger partial charge in [-0.2, -0.15) is 0 Å². The van der Waals surface area contributed by atoms with Gasteiger partial charge in [-0.1, -0.05) is 12.8 Å². The lowest BCUT2D eigenvalue weighted by Crippen LogP contribution is -2.47. The van der Waals surface area contributed by atoms with Crippen LogP contribution in [0.25, 0.3) is 0 Å². The van der Waals surface area contributed by atoms with Crippen molar-refractivity contribution in [1.29, 1.82) is 0 Å². The molecule has 1 unspecified atom stereocenters. The summed E-state index contributed by atoms with van der Waals surface area (Å²) in [6, 6.07) is 11.6. The third kappa shape index (κ3) is 6.23. The van der Waals surface area contributed by atoms with Crippen LogP contribution in [0.2, 0.25) is 0 Å². The van der Waals surface area contributed by atoms with Crippen LogP contribution in [-0.4, -0.2) is 38.9 Å². The van der Waals surface area contributed by atoms with Gasteiger partial charge in [0.15, 0.2) is 0 Å². The number of benzene rings is 2. The van der Waals surface area contributed by atoms with E-state index in [1.807, 2.05) is 6.92 Å². The summed E-state index contributed by atoms with van der Waals surface area (Å²) >= 11 is 0. The number of hydrogen-bond acceptors (Lipinski definition) is 5. The summed E-state index contributed by atoms with van der Waals surface area (Å²) in [6.07, 6.45) is 4.14. The Balaban J connectivity index is 1.59. The second-order valence-electron chi connectivity index (χ2n) is 7.77. The van der Waals surface area contributed by atoms with Gasteiger partial charge >= 0.3 is 0 Å². The number of nitrogens with one attached hydrogen (secondary N) is 3. The topological polar surface area (TPSA) is 114 Å². The first kappa shape index (κ1) is 23.6. The fourth-order valence-electron chi connectivity index (χ4n) is 3.53. The molecule has 32 heavy (non-hydrogen) atoms. The number of ether oxygens (including phenoxy) is 1. The maximum atomic E-state index is 12.6. The van der Waals surface area contributed by atoms with Gasteiger partial charge in [-0.15, -0.1) is 0 Å². The summed E-state index contributed by atoms with van der Waals surface area (Å²) in [7, 11) is -3.82. The molecule has 0 heterocycles. The molecule has 3 N–H and O–H groups in total. The van der Waals surface area contributed by atoms with Gasteiger partial charge < -0.3 is 15.4 Å². The van der Waals surface area contributed by atoms with Crippen molar-refractivity contribution in [2.45, 2.75) is 56.5 Å². The van der Waals surface area contributed by atoms with E-state index in [1.165, 1.54) is 24.3 Å². The van der Waals surface area contributed by atoms with Crippen molar-refractivity contribution in [2.75, 3.05) is 11.3 Å². The number of sulfonamides is 1. The van der Waals surface area contributed by atoms with E-state index in [0.29, 0.717) is 18.0 Å². The minimum Gasteiger partial charge on any atom is -0.494 e. The van der Waals surface area contributed by atoms with Gasteiger partial charge in [0, 0.05) is 17.3 Å². The lowest BCUT2D eigenvalue weighted by molar-refractivity contribution is -0.123. The highest BCUT2D eigenvalue weighted by atomic mass is 32.2. The molecule has 1 atom stereocenters. The molecule has 2 amide bonds. The SMILES string of the molecule is CCOc1ccc(NS(=O)(=O)c2ccc(C(=O)NC(C)C(=O)NC3CCCC3)cc2)cc1. The number of carbonyl (C=O) groups excluding carboxylic acids is 2. The second kappa shape index (κ2) is 10.5. The average Bonchev–Trinajstić information content (AvgIpc) is 3.28. The van der Waals surface area contributed by atoms with Crippen LogP contribution >= 0.6 is 0 Å². The fourth-order valence-corrected chi connectivity index (χ4v) is 4.59. The number of rotatable bonds is 9. The summed E-state index contributed by atoms with van der Waals surface area (Å²) in [5.41, 5.74) is 0.669. The van der Waals surface area contributed by atoms with Crippen LogP contribution in [0.1, 0.15) is 49.9 Å². The molecular formula is C23H29N3O5S. The molecule has 172 valence electrons. The van der Waals surface area contributed by atoms with Crippen molar-refractivity contribution in [3.8, 4) is 5.75 Å². The lowest BCUT2D eigenvalue weighted by Gasteiger charge is -2.18. The van der Waals surface area contributed by atoms with Crippen LogP contribution in [0.4, 0.5) is 5.69 Å². The molecule has 9 heteroatoms. The molecular weight excluding hydrogens is 430 g/mol. The van der Waals surface area contributed by atoms with E-state index in [9.17, 15) is 18.0 Å². The molecule has 8 nitrogen and oxygen atoms in total. The first-order valence-corrected chi connectivity index (χ1v) is 12.2. The Morgan fingerprint density at radius 2 is 1.66 bits per heavy atom. The third-order valence-electron chi connectivity index (χ3n) is 5.29. The predicted octanol–water partition coefficient (Wildman–Crippen LogP) is 3.06. The molecule has 1 aliphatic rings. The molecule has 1 fully saturated rings. The summed E-state index contributed by atoms with van der Waals surface area (Å²) in [4.78, 5) is 24.8. The Labute approximate surface area is 188 Å². The highest BCUT2D eigenvalue weighted by Crippen LogP contribution is 2.20. The Hall–Kier alpha value is -3.07. The first-order valence-electron chi connectivity index (χ1n) is 10.8. The van der Waals surface area contributed by atoms with Crippen molar-refractivity contribution in [3.05, 3.63) is 54.1 Å². The van der Waals surface area contributed by atoms with Crippen LogP contribution < -0.4 is 20.1 Å². The quantitative estimate of drug-likeness (QED) is 0.533. The van der Waals surface area contributed by atoms with Crippen LogP contribution in [-0.2, 0) is 14.8 Å². The molecule has 0 bridgehead atoms. The van der Waals surface area contributed by atoms with Crippen LogP contribution in [0.15, 0.2) is 53.4 Å². The maximum absolute atomic E-state index is 12.6. The van der Waals surface area contributed by atoms with Gasteiger partial charge in [0.2, 0.25) is 5.91 Å². The van der Waals surface area contributed by atoms with E-state index >= 15 is 0 Å². The normalized spacial score (nSPS) is 15.1. The van der Waals surface area contributed by atoms with Crippen molar-refractivity contribution < 1.29 is 22.7 Å². The Morgan fingerprint density at radius 1 is 1.03 bits per heavy atom. The zero-order valence-electron chi connectivity index (χ0n) is 18.3. The van der Waals surface area contributed by atoms with Crippen molar-refractivity contribution in [3.63, 3.8) is 0 Å². The molecule has 0 aliphatic heterocycles. The molecule has 2 aromatic carbocycles. The fraction of sp³-hybridized carbons (Fsp3) is 0.391. The number of anilines is 1. The van der Waals surface area contributed by atoms with Gasteiger partial charge in [-0.3, -0.25) is 14.3 Å². The minimum atomic E-state index is -3.82. The molecule has 0 spiro atoms. The van der Waals surface area contributed by atoms with Gasteiger partial charge in [-0.25, -0.2) is 8.42 Å². The van der Waals surface area contributed by atoms with Crippen LogP contribution in [0, 0.1) is 0 Å². The van der Waals surface area contributed by atoms with Gasteiger partial charge in [0.1, 0.15) is 11.8 Å². The van der Waals surface area contributed by atoms with Crippen molar-refractivity contribution in [1.82, 2.24) is 10.6 Å². The highest BCUT2D eigenvalue weighted by Gasteiger charge is 2.22. The van der Waals surface area contributed by atoms with Gasteiger partial charge in [0.05, 0.1) is 11.5 Å². The maximum Gasteiger partial charge on any atom is 0.261 e. The van der Waals surface area contributed by atoms with Gasteiger partial charge in [-0.05, 0) is 75.2 Å². The van der Waals surface area contributed by atoms with E-state index < -0.39 is 22.0 Å². The number of hydrogen-bond donors (Lipinski definition) is 3. The van der Waals surface area contributed by atoms with E-state index in [1.54, 1.807) is 31.2 Å². The van der Waals surface area contributed by atoms with E-state index in [2.05, 4.69) is 15.4 Å². The zero-order chi connectivity index (χ0) is 23.1. The summed E-state index contributed by atoms with van der Waals surface area (Å²) in [5, 5.41) is 5.60. The largest absolute Gasteiger partial charge is 0.494 e. The molecule has 2 aromatic rings. The molecule has 1 aliphatic carbocycles. The summed E-state index contributed by atoms with van der Waals surface area (Å²) in [6.45, 7) is 4.02. The minimum absolute atomic E-state index is 0.0231. The lowest BCUT2D eigenvalue weighted by atomic mass is 10.2. The van der Waals surface area contributed by atoms with E-state index in [-0.39, 0.29) is 22.4 Å². The number of amides is 2. The monoisotopic (exact) mass is 459 g/mol. The first-order chi connectivity index (χ1) is 15.3. The second-order valence-corrected chi connectivity index (χ2v) is 9.45. The highest BCUT2D eigenvalue weighted by molar-refractivity contribution is 7.92. The smallest absolute Gasteiger partial charge is 0.261 e. The Kier molecular flexibility index (Phi) is 7.74. The molecule has 0 radical (unpaired) electrons. The Bertz CT molecular complexity index is 1030. The van der Waals surface area contributed by atoms with Crippen LogP contribution in [0.5, 0.6) is 5.75 Å². The Morgan fingerprint density at radius 3 is 2.25 bits per heavy atom. The predicted molar refractivity (Wildman–Crippen MR) is 122 cm³/mol. The number of carbonyl (C=O) groups is 2. The summed E-state index contributed by atoms with van der Waals surface area (Å²) in [5.74, 6) is -0.0107. The molecule has 0 aromatic heterocycles. The molecule has 3 rings (SSSR count). The van der Waals surface area contributed by atoms with Crippen molar-refractivity contribution in [2.24, 2.45) is 0 Å². The van der Waals surface area contributed by atoms with Crippen LogP contribution in [0.3, 0.4) is 0 Å². The molecule has 0 saturated heterocycles. The average molecular weight is 460 g/mol. The van der Waals surface area contributed by atoms with Crippen molar-refractivity contribution >= 4 is 27.5 Å².